The van der Waals surface area contributed by atoms with Crippen LogP contribution in [0.1, 0.15) is 24.8 Å². The summed E-state index contributed by atoms with van der Waals surface area (Å²) in [5.74, 6) is 1.71. The van der Waals surface area contributed by atoms with E-state index in [1.807, 2.05) is 13.1 Å². The van der Waals surface area contributed by atoms with E-state index in [-0.39, 0.29) is 0 Å². The van der Waals surface area contributed by atoms with E-state index in [4.69, 9.17) is 0 Å². The summed E-state index contributed by atoms with van der Waals surface area (Å²) in [6.07, 6.45) is 3.34. The zero-order valence-corrected chi connectivity index (χ0v) is 13.4. The van der Waals surface area contributed by atoms with Crippen LogP contribution in [0, 0.1) is 5.92 Å². The van der Waals surface area contributed by atoms with Gasteiger partial charge in [0.2, 0.25) is 0 Å². The van der Waals surface area contributed by atoms with Gasteiger partial charge in [-0.15, -0.1) is 11.3 Å². The molecule has 2 aromatic rings. The van der Waals surface area contributed by atoms with Crippen molar-refractivity contribution < 1.29 is 0 Å². The maximum atomic E-state index is 4.66. The fourth-order valence-electron chi connectivity index (χ4n) is 2.37. The first-order valence-corrected chi connectivity index (χ1v) is 8.39. The number of aromatic nitrogens is 1. The number of hydrogen-bond acceptors (Lipinski definition) is 3. The number of nitrogens with one attached hydrogen (secondary N) is 2. The van der Waals surface area contributed by atoms with Gasteiger partial charge in [0.1, 0.15) is 0 Å². The number of thiazole rings is 1. The van der Waals surface area contributed by atoms with Crippen LogP contribution >= 0.6 is 11.3 Å². The maximum Gasteiger partial charge on any atom is 0.191 e. The van der Waals surface area contributed by atoms with E-state index in [1.54, 1.807) is 11.3 Å². The molecule has 1 aliphatic rings. The summed E-state index contributed by atoms with van der Waals surface area (Å²) in [4.78, 5) is 8.93. The lowest BCUT2D eigenvalue weighted by Gasteiger charge is -2.10. The number of aliphatic imine (C=N–C) groups is 1. The molecule has 5 heteroatoms. The van der Waals surface area contributed by atoms with Gasteiger partial charge < -0.3 is 10.6 Å². The SMILES string of the molecule is CN=C(NCCCc1nc2ccccc2s1)NC1CC1C. The third-order valence-electron chi connectivity index (χ3n) is 3.85. The molecule has 0 bridgehead atoms. The van der Waals surface area contributed by atoms with E-state index < -0.39 is 0 Å². The van der Waals surface area contributed by atoms with E-state index in [1.165, 1.54) is 16.1 Å². The molecular formula is C16H22N4S. The lowest BCUT2D eigenvalue weighted by Crippen LogP contribution is -2.39. The van der Waals surface area contributed by atoms with Crippen LogP contribution in [0.2, 0.25) is 0 Å². The minimum Gasteiger partial charge on any atom is -0.356 e. The second-order valence-electron chi connectivity index (χ2n) is 5.64. The van der Waals surface area contributed by atoms with Crippen molar-refractivity contribution in [2.24, 2.45) is 10.9 Å². The van der Waals surface area contributed by atoms with E-state index in [9.17, 15) is 0 Å². The third kappa shape index (κ3) is 3.73. The Kier molecular flexibility index (Phi) is 4.39. The number of rotatable bonds is 5. The van der Waals surface area contributed by atoms with E-state index in [0.29, 0.717) is 6.04 Å². The third-order valence-corrected chi connectivity index (χ3v) is 4.95. The molecule has 0 aliphatic heterocycles. The van der Waals surface area contributed by atoms with Crippen LogP contribution in [0.5, 0.6) is 0 Å². The largest absolute Gasteiger partial charge is 0.356 e. The molecule has 112 valence electrons. The zero-order chi connectivity index (χ0) is 14.7. The van der Waals surface area contributed by atoms with Crippen LogP contribution in [0.25, 0.3) is 10.2 Å². The lowest BCUT2D eigenvalue weighted by atomic mass is 10.3. The molecule has 0 radical (unpaired) electrons. The first kappa shape index (κ1) is 14.3. The van der Waals surface area contributed by atoms with Crippen molar-refractivity contribution in [2.75, 3.05) is 13.6 Å². The fraction of sp³-hybridized carbons (Fsp3) is 0.500. The van der Waals surface area contributed by atoms with E-state index >= 15 is 0 Å². The Morgan fingerprint density at radius 1 is 1.43 bits per heavy atom. The van der Waals surface area contributed by atoms with Crippen molar-refractivity contribution in [3.8, 4) is 0 Å². The Labute approximate surface area is 129 Å². The van der Waals surface area contributed by atoms with Crippen molar-refractivity contribution >= 4 is 27.5 Å². The highest BCUT2D eigenvalue weighted by atomic mass is 32.1. The van der Waals surface area contributed by atoms with Crippen LogP contribution < -0.4 is 10.6 Å². The van der Waals surface area contributed by atoms with Gasteiger partial charge in [-0.3, -0.25) is 4.99 Å². The summed E-state index contributed by atoms with van der Waals surface area (Å²) in [6.45, 7) is 3.19. The molecule has 2 N–H and O–H groups in total. The molecule has 2 atom stereocenters. The second-order valence-corrected chi connectivity index (χ2v) is 6.76. The normalized spacial score (nSPS) is 21.5. The zero-order valence-electron chi connectivity index (χ0n) is 12.6. The number of aryl methyl sites for hydroxylation is 1. The Bertz CT molecular complexity index is 601. The summed E-state index contributed by atoms with van der Waals surface area (Å²) in [5, 5.41) is 8.04. The topological polar surface area (TPSA) is 49.3 Å². The summed E-state index contributed by atoms with van der Waals surface area (Å²) in [6, 6.07) is 8.94. The van der Waals surface area contributed by atoms with Crippen LogP contribution in [-0.4, -0.2) is 30.6 Å². The molecule has 0 amide bonds. The van der Waals surface area contributed by atoms with Gasteiger partial charge in [0, 0.05) is 26.1 Å². The van der Waals surface area contributed by atoms with Gasteiger partial charge in [-0.25, -0.2) is 4.98 Å². The van der Waals surface area contributed by atoms with E-state index in [2.05, 4.69) is 45.7 Å². The molecule has 1 aromatic heterocycles. The first-order valence-electron chi connectivity index (χ1n) is 7.58. The molecule has 0 saturated heterocycles. The van der Waals surface area contributed by atoms with Crippen LogP contribution in [0.15, 0.2) is 29.3 Å². The number of guanidine groups is 1. The minimum atomic E-state index is 0.612. The minimum absolute atomic E-state index is 0.612. The molecular weight excluding hydrogens is 280 g/mol. The first-order chi connectivity index (χ1) is 10.3. The highest BCUT2D eigenvalue weighted by Crippen LogP contribution is 2.28. The molecule has 1 heterocycles. The van der Waals surface area contributed by atoms with Crippen molar-refractivity contribution in [3.05, 3.63) is 29.3 Å². The average Bonchev–Trinajstić information content (AvgIpc) is 3.02. The lowest BCUT2D eigenvalue weighted by molar-refractivity contribution is 0.725. The Hall–Kier alpha value is -1.62. The fourth-order valence-corrected chi connectivity index (χ4v) is 3.38. The van der Waals surface area contributed by atoms with Crippen molar-refractivity contribution in [3.63, 3.8) is 0 Å². The molecule has 0 spiro atoms. The van der Waals surface area contributed by atoms with Crippen LogP contribution in [0.4, 0.5) is 0 Å². The van der Waals surface area contributed by atoms with Crippen molar-refractivity contribution in [1.29, 1.82) is 0 Å². The number of hydrogen-bond donors (Lipinski definition) is 2. The molecule has 1 aliphatic carbocycles. The molecule has 2 unspecified atom stereocenters. The summed E-state index contributed by atoms with van der Waals surface area (Å²) in [5.41, 5.74) is 1.12. The number of fused-ring (bicyclic) bond motifs is 1. The second kappa shape index (κ2) is 6.43. The molecule has 1 aromatic carbocycles. The smallest absolute Gasteiger partial charge is 0.191 e. The van der Waals surface area contributed by atoms with Gasteiger partial charge in [0.25, 0.3) is 0 Å². The monoisotopic (exact) mass is 302 g/mol. The van der Waals surface area contributed by atoms with Crippen LogP contribution in [-0.2, 0) is 6.42 Å². The Morgan fingerprint density at radius 3 is 2.95 bits per heavy atom. The van der Waals surface area contributed by atoms with Crippen molar-refractivity contribution in [1.82, 2.24) is 15.6 Å². The molecule has 21 heavy (non-hydrogen) atoms. The Morgan fingerprint density at radius 2 is 2.24 bits per heavy atom. The maximum absolute atomic E-state index is 4.66. The predicted octanol–water partition coefficient (Wildman–Crippen LogP) is 2.80. The number of benzene rings is 1. The Balaban J connectivity index is 1.43. The van der Waals surface area contributed by atoms with Crippen molar-refractivity contribution in [2.45, 2.75) is 32.2 Å². The molecule has 3 rings (SSSR count). The predicted molar refractivity (Wildman–Crippen MR) is 90.0 cm³/mol. The molecule has 4 nitrogen and oxygen atoms in total. The summed E-state index contributed by atoms with van der Waals surface area (Å²) in [7, 11) is 1.83. The summed E-state index contributed by atoms with van der Waals surface area (Å²) < 4.78 is 1.28. The van der Waals surface area contributed by atoms with Gasteiger partial charge in [0.15, 0.2) is 5.96 Å². The highest BCUT2D eigenvalue weighted by molar-refractivity contribution is 7.18. The quantitative estimate of drug-likeness (QED) is 0.507. The van der Waals surface area contributed by atoms with Gasteiger partial charge in [0.05, 0.1) is 15.2 Å². The summed E-state index contributed by atoms with van der Waals surface area (Å²) >= 11 is 1.80. The molecule has 1 saturated carbocycles. The van der Waals surface area contributed by atoms with Gasteiger partial charge >= 0.3 is 0 Å². The number of nitrogens with zero attached hydrogens (tertiary/aromatic N) is 2. The van der Waals surface area contributed by atoms with Gasteiger partial charge in [-0.05, 0) is 30.9 Å². The van der Waals surface area contributed by atoms with E-state index in [0.717, 1.165) is 36.8 Å². The standard InChI is InChI=1S/C16H22N4S/c1-11-10-13(11)20-16(17-2)18-9-5-8-15-19-12-6-3-4-7-14(12)21-15/h3-4,6-7,11,13H,5,8-10H2,1-2H3,(H2,17,18,20). The average molecular weight is 302 g/mol. The van der Waals surface area contributed by atoms with Gasteiger partial charge in [-0.1, -0.05) is 19.1 Å². The highest BCUT2D eigenvalue weighted by Gasteiger charge is 2.33. The molecule has 1 fully saturated rings. The van der Waals surface area contributed by atoms with Crippen LogP contribution in [0.3, 0.4) is 0 Å². The van der Waals surface area contributed by atoms with Gasteiger partial charge in [-0.2, -0.15) is 0 Å². The number of para-hydroxylation sites is 1.